The summed E-state index contributed by atoms with van der Waals surface area (Å²) in [4.78, 5) is 23.6. The summed E-state index contributed by atoms with van der Waals surface area (Å²) in [7, 11) is -2.05. The average molecular weight is 779 g/mol. The summed E-state index contributed by atoms with van der Waals surface area (Å²) < 4.78 is 36.2. The van der Waals surface area contributed by atoms with Crippen molar-refractivity contribution in [2.24, 2.45) is 12.5 Å². The number of carbonyl (C=O) groups is 1. The van der Waals surface area contributed by atoms with Crippen LogP contribution in [0.2, 0.25) is 5.02 Å². The first-order chi connectivity index (χ1) is 26.1. The van der Waals surface area contributed by atoms with Crippen LogP contribution in [-0.2, 0) is 16.9 Å². The average Bonchev–Trinajstić information content (AvgIpc) is 3.61. The van der Waals surface area contributed by atoms with E-state index in [0.717, 1.165) is 78.8 Å². The highest BCUT2D eigenvalue weighted by Crippen LogP contribution is 2.43. The number of Topliss-reactive ketones (excluding diaryl/α,β-unsaturated/α-hetero) is 1. The highest BCUT2D eigenvalue weighted by atomic mass is 35.5. The van der Waals surface area contributed by atoms with Crippen molar-refractivity contribution in [3.63, 3.8) is 0 Å². The minimum Gasteiger partial charge on any atom is -0.455 e. The lowest BCUT2D eigenvalue weighted by molar-refractivity contribution is 0.101. The van der Waals surface area contributed by atoms with E-state index in [2.05, 4.69) is 40.8 Å². The summed E-state index contributed by atoms with van der Waals surface area (Å²) in [6, 6.07) is 19.5. The van der Waals surface area contributed by atoms with E-state index in [4.69, 9.17) is 16.3 Å². The van der Waals surface area contributed by atoms with E-state index in [1.54, 1.807) is 19.2 Å². The van der Waals surface area contributed by atoms with Crippen molar-refractivity contribution < 1.29 is 17.9 Å². The lowest BCUT2D eigenvalue weighted by Gasteiger charge is -2.39. The Morgan fingerprint density at radius 1 is 0.891 bits per heavy atom. The topological polar surface area (TPSA) is 84.7 Å². The maximum Gasteiger partial charge on any atom is 0.186 e. The Balaban J connectivity index is 1.14. The molecule has 0 spiro atoms. The number of benzene rings is 3. The number of ketones is 1. The number of sulfone groups is 1. The molecule has 8 nitrogen and oxygen atoms in total. The molecule has 0 N–H and O–H groups in total. The van der Waals surface area contributed by atoms with E-state index in [1.807, 2.05) is 81.0 Å². The van der Waals surface area contributed by atoms with Crippen LogP contribution in [0.15, 0.2) is 83.5 Å². The Morgan fingerprint density at radius 3 is 2.35 bits per heavy atom. The highest BCUT2D eigenvalue weighted by molar-refractivity contribution is 7.92. The van der Waals surface area contributed by atoms with E-state index in [0.29, 0.717) is 22.6 Å². The smallest absolute Gasteiger partial charge is 0.186 e. The zero-order valence-electron chi connectivity index (χ0n) is 33.0. The van der Waals surface area contributed by atoms with E-state index in [-0.39, 0.29) is 15.9 Å². The molecule has 288 valence electrons. The Morgan fingerprint density at radius 2 is 1.62 bits per heavy atom. The van der Waals surface area contributed by atoms with Gasteiger partial charge in [0.2, 0.25) is 0 Å². The molecule has 1 saturated heterocycles. The quantitative estimate of drug-likeness (QED) is 0.131. The number of piperazine rings is 1. The SMILES string of the molecule is Cc1cc(C)c(S(=O)(=O)CC(=O)c2ccc(N3CCN(CC4=C(c5ccc(Cl)cc5)CC(C)(C)CC4)CC3)cc2Oc2cc3ccnc-3n(C)c2)c(C)c1C. The van der Waals surface area contributed by atoms with Gasteiger partial charge in [-0.1, -0.05) is 49.2 Å². The molecule has 0 amide bonds. The van der Waals surface area contributed by atoms with Gasteiger partial charge in [-0.3, -0.25) is 9.69 Å². The van der Waals surface area contributed by atoms with Crippen LogP contribution in [0.1, 0.15) is 71.3 Å². The van der Waals surface area contributed by atoms with E-state index < -0.39 is 21.4 Å². The molecule has 3 aromatic rings. The van der Waals surface area contributed by atoms with Crippen LogP contribution in [0.3, 0.4) is 0 Å². The Labute approximate surface area is 331 Å². The van der Waals surface area contributed by atoms with Crippen LogP contribution < -0.4 is 9.64 Å². The first kappa shape index (κ1) is 38.8. The fourth-order valence-corrected chi connectivity index (χ4v) is 10.3. The van der Waals surface area contributed by atoms with Gasteiger partial charge in [0, 0.05) is 74.5 Å². The van der Waals surface area contributed by atoms with Crippen molar-refractivity contribution >= 4 is 38.5 Å². The Kier molecular flexibility index (Phi) is 10.8. The van der Waals surface area contributed by atoms with Crippen molar-refractivity contribution in [1.29, 1.82) is 0 Å². The summed E-state index contributed by atoms with van der Waals surface area (Å²) in [5, 5.41) is 0.755. The summed E-state index contributed by atoms with van der Waals surface area (Å²) in [6.07, 6.45) is 6.88. The van der Waals surface area contributed by atoms with Crippen molar-refractivity contribution in [2.75, 3.05) is 43.4 Å². The third kappa shape index (κ3) is 8.25. The number of halogens is 1. The number of rotatable bonds is 10. The first-order valence-electron chi connectivity index (χ1n) is 19.1. The van der Waals surface area contributed by atoms with Gasteiger partial charge in [0.25, 0.3) is 0 Å². The maximum atomic E-state index is 14.1. The number of hydrogen-bond donors (Lipinski definition) is 0. The fraction of sp³-hybridized carbons (Fsp3) is 0.378. The highest BCUT2D eigenvalue weighted by Gasteiger charge is 2.31. The number of allylic oxidation sites excluding steroid dienone is 1. The lowest BCUT2D eigenvalue weighted by Crippen LogP contribution is -2.47. The minimum atomic E-state index is -3.95. The van der Waals surface area contributed by atoms with Crippen molar-refractivity contribution in [1.82, 2.24) is 14.5 Å². The minimum absolute atomic E-state index is 0.232. The Bertz CT molecular complexity index is 2370. The standard InChI is InChI=1S/C45H51ClN4O4S/c1-29-22-30(2)43(32(4)31(29)3)55(52,53)28-41(51)39-13-12-37(24-42(39)54-38-23-34-15-17-47-44(34)48(7)27-38)50-20-18-49(19-21-50)26-35-14-16-45(5,6)25-40(35)33-8-10-36(46)11-9-33/h8-13,15,17,22-24,27H,14,16,18-21,25-26,28H2,1-7H3. The third-order valence-electron chi connectivity index (χ3n) is 11.6. The molecule has 4 aliphatic rings. The fourth-order valence-electron chi connectivity index (χ4n) is 8.35. The third-order valence-corrected chi connectivity index (χ3v) is 13.7. The van der Waals surface area contributed by atoms with E-state index in [9.17, 15) is 13.2 Å². The monoisotopic (exact) mass is 778 g/mol. The van der Waals surface area contributed by atoms with Gasteiger partial charge in [-0.25, -0.2) is 13.4 Å². The van der Waals surface area contributed by atoms with Gasteiger partial charge in [-0.2, -0.15) is 0 Å². The van der Waals surface area contributed by atoms with Crippen LogP contribution in [0.5, 0.6) is 11.5 Å². The van der Waals surface area contributed by atoms with Crippen LogP contribution in [0, 0.1) is 33.1 Å². The molecule has 0 bridgehead atoms. The van der Waals surface area contributed by atoms with Crippen LogP contribution in [-0.4, -0.2) is 67.1 Å². The molecule has 1 fully saturated rings. The van der Waals surface area contributed by atoms with Crippen LogP contribution in [0.4, 0.5) is 5.69 Å². The van der Waals surface area contributed by atoms with Gasteiger partial charge in [0.15, 0.2) is 15.6 Å². The van der Waals surface area contributed by atoms with E-state index >= 15 is 0 Å². The number of pyridine rings is 1. The normalized spacial score (nSPS) is 16.5. The number of aromatic nitrogens is 2. The second-order valence-electron chi connectivity index (χ2n) is 16.3. The molecule has 0 atom stereocenters. The lowest BCUT2D eigenvalue weighted by atomic mass is 9.72. The van der Waals surface area contributed by atoms with E-state index in [1.165, 1.54) is 23.1 Å². The molecule has 3 aliphatic heterocycles. The first-order valence-corrected chi connectivity index (χ1v) is 21.1. The summed E-state index contributed by atoms with van der Waals surface area (Å²) in [5.41, 5.74) is 9.82. The summed E-state index contributed by atoms with van der Waals surface area (Å²) in [6.45, 7) is 16.5. The zero-order valence-corrected chi connectivity index (χ0v) is 34.6. The molecule has 0 unspecified atom stereocenters. The zero-order chi connectivity index (χ0) is 39.2. The number of fused-ring (bicyclic) bond motifs is 1. The second kappa shape index (κ2) is 15.2. The predicted molar refractivity (Wildman–Crippen MR) is 223 cm³/mol. The summed E-state index contributed by atoms with van der Waals surface area (Å²) >= 11 is 6.25. The van der Waals surface area contributed by atoms with Gasteiger partial charge in [-0.05, 0) is 122 Å². The molecule has 7 rings (SSSR count). The summed E-state index contributed by atoms with van der Waals surface area (Å²) in [5.74, 6) is 0.506. The van der Waals surface area contributed by atoms with Crippen molar-refractivity contribution in [3.05, 3.63) is 117 Å². The molecule has 1 aliphatic carbocycles. The molecule has 55 heavy (non-hydrogen) atoms. The number of aryl methyl sites for hydroxylation is 3. The number of ether oxygens (including phenoxy) is 1. The van der Waals surface area contributed by atoms with Crippen molar-refractivity contribution in [2.45, 2.75) is 65.7 Å². The predicted octanol–water partition coefficient (Wildman–Crippen LogP) is 9.65. The Hall–Kier alpha value is -4.44. The van der Waals surface area contributed by atoms with Crippen LogP contribution >= 0.6 is 11.6 Å². The molecule has 0 radical (unpaired) electrons. The molecule has 0 saturated carbocycles. The molecule has 0 aromatic heterocycles. The molecule has 3 heterocycles. The number of hydrogen-bond acceptors (Lipinski definition) is 7. The molecule has 3 aromatic carbocycles. The largest absolute Gasteiger partial charge is 0.455 e. The van der Waals surface area contributed by atoms with Gasteiger partial charge >= 0.3 is 0 Å². The van der Waals surface area contributed by atoms with Crippen molar-refractivity contribution in [3.8, 4) is 22.9 Å². The number of nitrogens with zero attached hydrogens (tertiary/aromatic N) is 4. The molecule has 10 heteroatoms. The van der Waals surface area contributed by atoms with Crippen LogP contribution in [0.25, 0.3) is 17.0 Å². The maximum absolute atomic E-state index is 14.1. The second-order valence-corrected chi connectivity index (χ2v) is 18.6. The molecular weight excluding hydrogens is 728 g/mol. The number of anilines is 1. The van der Waals surface area contributed by atoms with Gasteiger partial charge in [0.05, 0.1) is 10.5 Å². The van der Waals surface area contributed by atoms with Gasteiger partial charge in [0.1, 0.15) is 23.1 Å². The van der Waals surface area contributed by atoms with Gasteiger partial charge in [-0.15, -0.1) is 0 Å². The van der Waals surface area contributed by atoms with Gasteiger partial charge < -0.3 is 14.2 Å². The number of carbonyl (C=O) groups excluding carboxylic acids is 1. The molecular formula is C45H51ClN4O4S.